The van der Waals surface area contributed by atoms with Crippen LogP contribution in [0.3, 0.4) is 0 Å². The molecule has 132 valence electrons. The van der Waals surface area contributed by atoms with Gasteiger partial charge in [0.05, 0.1) is 11.2 Å². The van der Waals surface area contributed by atoms with E-state index in [0.717, 1.165) is 0 Å². The van der Waals surface area contributed by atoms with E-state index in [1.165, 1.54) is 4.31 Å². The van der Waals surface area contributed by atoms with Crippen LogP contribution in [0, 0.1) is 0 Å². The third-order valence-electron chi connectivity index (χ3n) is 4.22. The summed E-state index contributed by atoms with van der Waals surface area (Å²) in [6.45, 7) is 3.87. The molecule has 7 nitrogen and oxygen atoms in total. The van der Waals surface area contributed by atoms with E-state index < -0.39 is 21.4 Å². The molecule has 2 N–H and O–H groups in total. The van der Waals surface area contributed by atoms with Crippen LogP contribution in [0.25, 0.3) is 0 Å². The largest absolute Gasteiger partial charge is 0.481 e. The van der Waals surface area contributed by atoms with Crippen molar-refractivity contribution in [2.45, 2.75) is 32.1 Å². The number of sulfonamides is 1. The summed E-state index contributed by atoms with van der Waals surface area (Å²) in [6.07, 6.45) is 0.687. The second-order valence-electron chi connectivity index (χ2n) is 6.37. The maximum atomic E-state index is 11.9. The summed E-state index contributed by atoms with van der Waals surface area (Å²) in [6, 6.07) is 6.61. The third kappa shape index (κ3) is 4.12. The number of benzene rings is 1. The van der Waals surface area contributed by atoms with E-state index in [1.807, 2.05) is 0 Å². The van der Waals surface area contributed by atoms with E-state index in [2.05, 4.69) is 5.32 Å². The monoisotopic (exact) mass is 354 g/mol. The lowest BCUT2D eigenvalue weighted by molar-refractivity contribution is -0.142. The average Bonchev–Trinajstić information content (AvgIpc) is 2.84. The van der Waals surface area contributed by atoms with Crippen LogP contribution in [-0.2, 0) is 25.0 Å². The summed E-state index contributed by atoms with van der Waals surface area (Å²) in [5.41, 5.74) is 0.178. The minimum atomic E-state index is -3.19. The molecule has 2 rings (SSSR count). The molecule has 0 aliphatic carbocycles. The molecule has 0 radical (unpaired) electrons. The molecule has 0 bridgehead atoms. The SMILES string of the molecule is CC(C)(C(=O)O)c1ccc(NC(=O)CCN2CCCS2(=O)=O)cc1. The fourth-order valence-corrected chi connectivity index (χ4v) is 4.01. The van der Waals surface area contributed by atoms with E-state index in [9.17, 15) is 23.1 Å². The van der Waals surface area contributed by atoms with E-state index in [1.54, 1.807) is 38.1 Å². The Labute approximate surface area is 141 Å². The molecule has 0 unspecified atom stereocenters. The Morgan fingerprint density at radius 1 is 1.25 bits per heavy atom. The molecule has 1 aliphatic rings. The van der Waals surface area contributed by atoms with Gasteiger partial charge in [0.15, 0.2) is 0 Å². The molecule has 0 spiro atoms. The number of hydrogen-bond acceptors (Lipinski definition) is 4. The summed E-state index contributed by atoms with van der Waals surface area (Å²) in [4.78, 5) is 23.2. The van der Waals surface area contributed by atoms with Gasteiger partial charge in [-0.1, -0.05) is 12.1 Å². The predicted octanol–water partition coefficient (Wildman–Crippen LogP) is 1.41. The smallest absolute Gasteiger partial charge is 0.313 e. The standard InChI is InChI=1S/C16H22N2O5S/c1-16(2,15(20)21)12-4-6-13(7-5-12)17-14(19)8-10-18-9-3-11-24(18,22)23/h4-7H,3,8-11H2,1-2H3,(H,17,19)(H,20,21). The number of carboxylic acid groups (broad SMARTS) is 1. The molecule has 1 heterocycles. The first kappa shape index (κ1) is 18.4. The van der Waals surface area contributed by atoms with Gasteiger partial charge in [-0.25, -0.2) is 12.7 Å². The highest BCUT2D eigenvalue weighted by atomic mass is 32.2. The Hall–Kier alpha value is -1.93. The van der Waals surface area contributed by atoms with E-state index >= 15 is 0 Å². The van der Waals surface area contributed by atoms with Gasteiger partial charge >= 0.3 is 5.97 Å². The second-order valence-corrected chi connectivity index (χ2v) is 8.46. The molecule has 1 amide bonds. The van der Waals surface area contributed by atoms with E-state index in [0.29, 0.717) is 24.2 Å². The molecule has 8 heteroatoms. The first-order chi connectivity index (χ1) is 11.1. The molecule has 24 heavy (non-hydrogen) atoms. The second kappa shape index (κ2) is 6.90. The Morgan fingerprint density at radius 2 is 1.88 bits per heavy atom. The van der Waals surface area contributed by atoms with Crippen LogP contribution in [0.4, 0.5) is 5.69 Å². The zero-order valence-electron chi connectivity index (χ0n) is 13.8. The highest BCUT2D eigenvalue weighted by Gasteiger charge is 2.29. The molecular formula is C16H22N2O5S. The van der Waals surface area contributed by atoms with Crippen LogP contribution in [0.5, 0.6) is 0 Å². The number of aliphatic carboxylic acids is 1. The van der Waals surface area contributed by atoms with Gasteiger partial charge in [0.2, 0.25) is 15.9 Å². The lowest BCUT2D eigenvalue weighted by atomic mass is 9.85. The Balaban J connectivity index is 1.92. The first-order valence-electron chi connectivity index (χ1n) is 7.74. The number of rotatable bonds is 6. The Morgan fingerprint density at radius 3 is 2.38 bits per heavy atom. The van der Waals surface area contributed by atoms with Gasteiger partial charge in [-0.2, -0.15) is 0 Å². The number of carbonyl (C=O) groups excluding carboxylic acids is 1. The van der Waals surface area contributed by atoms with Crippen molar-refractivity contribution in [1.82, 2.24) is 4.31 Å². The minimum absolute atomic E-state index is 0.0849. The lowest BCUT2D eigenvalue weighted by Gasteiger charge is -2.20. The van der Waals surface area contributed by atoms with Crippen molar-refractivity contribution in [3.05, 3.63) is 29.8 Å². The van der Waals surface area contributed by atoms with Crippen molar-refractivity contribution < 1.29 is 23.1 Å². The van der Waals surface area contributed by atoms with Crippen LogP contribution in [0.1, 0.15) is 32.3 Å². The fraction of sp³-hybridized carbons (Fsp3) is 0.500. The third-order valence-corrected chi connectivity index (χ3v) is 6.17. The van der Waals surface area contributed by atoms with E-state index in [4.69, 9.17) is 0 Å². The number of hydrogen-bond donors (Lipinski definition) is 2. The number of nitrogens with zero attached hydrogens (tertiary/aromatic N) is 1. The van der Waals surface area contributed by atoms with E-state index in [-0.39, 0.29) is 24.6 Å². The Bertz CT molecular complexity index is 725. The number of anilines is 1. The zero-order valence-corrected chi connectivity index (χ0v) is 14.6. The van der Waals surface area contributed by atoms with Crippen LogP contribution < -0.4 is 5.32 Å². The zero-order chi connectivity index (χ0) is 18.0. The van der Waals surface area contributed by atoms with Gasteiger partial charge in [0.1, 0.15) is 0 Å². The van der Waals surface area contributed by atoms with Crippen LogP contribution in [-0.4, -0.2) is 48.5 Å². The van der Waals surface area contributed by atoms with Crippen molar-refractivity contribution in [1.29, 1.82) is 0 Å². The van der Waals surface area contributed by atoms with Crippen LogP contribution in [0.2, 0.25) is 0 Å². The van der Waals surface area contributed by atoms with Crippen molar-refractivity contribution in [3.63, 3.8) is 0 Å². The summed E-state index contributed by atoms with van der Waals surface area (Å²) in [5, 5.41) is 11.9. The van der Waals surface area contributed by atoms with Gasteiger partial charge in [-0.3, -0.25) is 9.59 Å². The quantitative estimate of drug-likeness (QED) is 0.804. The molecule has 1 aromatic rings. The van der Waals surface area contributed by atoms with Crippen molar-refractivity contribution in [2.75, 3.05) is 24.2 Å². The number of amides is 1. The first-order valence-corrected chi connectivity index (χ1v) is 9.35. The number of nitrogens with one attached hydrogen (secondary N) is 1. The molecule has 1 aromatic carbocycles. The van der Waals surface area contributed by atoms with Gasteiger partial charge in [0, 0.05) is 25.2 Å². The molecule has 1 aliphatic heterocycles. The molecule has 0 aromatic heterocycles. The maximum Gasteiger partial charge on any atom is 0.313 e. The predicted molar refractivity (Wildman–Crippen MR) is 90.3 cm³/mol. The van der Waals surface area contributed by atoms with Gasteiger partial charge in [-0.15, -0.1) is 0 Å². The van der Waals surface area contributed by atoms with Crippen LogP contribution >= 0.6 is 0 Å². The average molecular weight is 354 g/mol. The summed E-state index contributed by atoms with van der Waals surface area (Å²) >= 11 is 0. The molecule has 0 saturated carbocycles. The molecular weight excluding hydrogens is 332 g/mol. The maximum absolute atomic E-state index is 11.9. The summed E-state index contributed by atoms with van der Waals surface area (Å²) < 4.78 is 24.7. The summed E-state index contributed by atoms with van der Waals surface area (Å²) in [5.74, 6) is -1.05. The Kier molecular flexibility index (Phi) is 5.29. The number of carboxylic acids is 1. The molecule has 0 atom stereocenters. The van der Waals surface area contributed by atoms with Crippen LogP contribution in [0.15, 0.2) is 24.3 Å². The highest BCUT2D eigenvalue weighted by molar-refractivity contribution is 7.89. The molecule has 1 fully saturated rings. The van der Waals surface area contributed by atoms with Crippen molar-refractivity contribution >= 4 is 27.6 Å². The normalized spacial score (nSPS) is 17.6. The highest BCUT2D eigenvalue weighted by Crippen LogP contribution is 2.24. The fourth-order valence-electron chi connectivity index (χ4n) is 2.49. The van der Waals surface area contributed by atoms with Crippen molar-refractivity contribution in [2.24, 2.45) is 0 Å². The van der Waals surface area contributed by atoms with Gasteiger partial charge in [-0.05, 0) is 38.0 Å². The van der Waals surface area contributed by atoms with Gasteiger partial charge in [0.25, 0.3) is 0 Å². The topological polar surface area (TPSA) is 104 Å². The molecule has 1 saturated heterocycles. The summed E-state index contributed by atoms with van der Waals surface area (Å²) in [7, 11) is -3.19. The lowest BCUT2D eigenvalue weighted by Crippen LogP contribution is -2.29. The minimum Gasteiger partial charge on any atom is -0.481 e. The van der Waals surface area contributed by atoms with Gasteiger partial charge < -0.3 is 10.4 Å². The van der Waals surface area contributed by atoms with Crippen molar-refractivity contribution in [3.8, 4) is 0 Å². The number of carbonyl (C=O) groups is 2.